The summed E-state index contributed by atoms with van der Waals surface area (Å²) in [5.74, 6) is 0.482. The van der Waals surface area contributed by atoms with Gasteiger partial charge in [-0.15, -0.1) is 0 Å². The summed E-state index contributed by atoms with van der Waals surface area (Å²) < 4.78 is 12.0. The lowest BCUT2D eigenvalue weighted by atomic mass is 9.81. The van der Waals surface area contributed by atoms with Crippen LogP contribution in [0.2, 0.25) is 0 Å². The van der Waals surface area contributed by atoms with Crippen LogP contribution in [0.15, 0.2) is 0 Å². The predicted octanol–water partition coefficient (Wildman–Crippen LogP) is 3.89. The Morgan fingerprint density at radius 1 is 1.00 bits per heavy atom. The van der Waals surface area contributed by atoms with Crippen molar-refractivity contribution in [1.82, 2.24) is 0 Å². The molecular formula is C14H26O2. The van der Waals surface area contributed by atoms with E-state index in [0.29, 0.717) is 5.92 Å². The quantitative estimate of drug-likeness (QED) is 0.662. The Labute approximate surface area is 99.7 Å². The topological polar surface area (TPSA) is 18.5 Å². The predicted molar refractivity (Wildman–Crippen MR) is 65.4 cm³/mol. The van der Waals surface area contributed by atoms with Crippen molar-refractivity contribution >= 4 is 0 Å². The van der Waals surface area contributed by atoms with Crippen molar-refractivity contribution in [2.24, 2.45) is 5.92 Å². The summed E-state index contributed by atoms with van der Waals surface area (Å²) in [5.41, 5.74) is 0. The Morgan fingerprint density at radius 2 is 1.69 bits per heavy atom. The summed E-state index contributed by atoms with van der Waals surface area (Å²) in [5, 5.41) is 0. The summed E-state index contributed by atoms with van der Waals surface area (Å²) in [6.45, 7) is 3.87. The van der Waals surface area contributed by atoms with Gasteiger partial charge >= 0.3 is 0 Å². The van der Waals surface area contributed by atoms with Crippen molar-refractivity contribution in [2.45, 2.75) is 70.5 Å². The fourth-order valence-electron chi connectivity index (χ4n) is 3.22. The lowest BCUT2D eigenvalue weighted by Crippen LogP contribution is -2.40. The second kappa shape index (κ2) is 6.02. The SMILES string of the molecule is CCCCCC1(C2CCCCC2)OCCO1. The van der Waals surface area contributed by atoms with Gasteiger partial charge in [0.05, 0.1) is 13.2 Å². The molecule has 2 fully saturated rings. The molecule has 16 heavy (non-hydrogen) atoms. The molecule has 1 heterocycles. The summed E-state index contributed by atoms with van der Waals surface area (Å²) in [7, 11) is 0. The van der Waals surface area contributed by atoms with E-state index < -0.39 is 0 Å². The van der Waals surface area contributed by atoms with E-state index in [9.17, 15) is 0 Å². The molecular weight excluding hydrogens is 200 g/mol. The lowest BCUT2D eigenvalue weighted by molar-refractivity contribution is -0.207. The number of hydrogen-bond donors (Lipinski definition) is 0. The molecule has 2 heteroatoms. The minimum Gasteiger partial charge on any atom is -0.347 e. The van der Waals surface area contributed by atoms with Gasteiger partial charge in [-0.2, -0.15) is 0 Å². The molecule has 2 rings (SSSR count). The van der Waals surface area contributed by atoms with Gasteiger partial charge in [0.15, 0.2) is 5.79 Å². The molecule has 2 aliphatic rings. The van der Waals surface area contributed by atoms with Gasteiger partial charge < -0.3 is 9.47 Å². The lowest BCUT2D eigenvalue weighted by Gasteiger charge is -2.38. The van der Waals surface area contributed by atoms with E-state index in [1.165, 1.54) is 51.4 Å². The van der Waals surface area contributed by atoms with Crippen LogP contribution in [0.4, 0.5) is 0 Å². The van der Waals surface area contributed by atoms with Gasteiger partial charge in [-0.25, -0.2) is 0 Å². The second-order valence-corrected chi connectivity index (χ2v) is 5.30. The molecule has 1 aliphatic carbocycles. The van der Waals surface area contributed by atoms with Crippen molar-refractivity contribution < 1.29 is 9.47 Å². The highest BCUT2D eigenvalue weighted by atomic mass is 16.7. The highest BCUT2D eigenvalue weighted by Gasteiger charge is 2.43. The average Bonchev–Trinajstić information content (AvgIpc) is 2.81. The van der Waals surface area contributed by atoms with E-state index in [-0.39, 0.29) is 5.79 Å². The zero-order chi connectivity index (χ0) is 11.3. The third kappa shape index (κ3) is 2.78. The van der Waals surface area contributed by atoms with Gasteiger partial charge in [0.2, 0.25) is 0 Å². The van der Waals surface area contributed by atoms with Crippen molar-refractivity contribution in [2.75, 3.05) is 13.2 Å². The zero-order valence-corrected chi connectivity index (χ0v) is 10.7. The largest absolute Gasteiger partial charge is 0.347 e. The zero-order valence-electron chi connectivity index (χ0n) is 10.7. The summed E-state index contributed by atoms with van der Waals surface area (Å²) in [6.07, 6.45) is 11.7. The maximum atomic E-state index is 6.00. The third-order valence-electron chi connectivity index (χ3n) is 4.13. The summed E-state index contributed by atoms with van der Waals surface area (Å²) in [6, 6.07) is 0. The molecule has 0 spiro atoms. The molecule has 0 atom stereocenters. The van der Waals surface area contributed by atoms with Crippen molar-refractivity contribution in [3.05, 3.63) is 0 Å². The molecule has 0 aromatic carbocycles. The van der Waals surface area contributed by atoms with Gasteiger partial charge in [-0.3, -0.25) is 0 Å². The van der Waals surface area contributed by atoms with Gasteiger partial charge in [-0.05, 0) is 19.3 Å². The van der Waals surface area contributed by atoms with E-state index >= 15 is 0 Å². The smallest absolute Gasteiger partial charge is 0.171 e. The molecule has 0 N–H and O–H groups in total. The van der Waals surface area contributed by atoms with Gasteiger partial charge in [-0.1, -0.05) is 39.0 Å². The van der Waals surface area contributed by atoms with Crippen molar-refractivity contribution in [1.29, 1.82) is 0 Å². The van der Waals surface area contributed by atoms with Gasteiger partial charge in [0, 0.05) is 12.3 Å². The molecule has 0 amide bonds. The Balaban J connectivity index is 1.91. The van der Waals surface area contributed by atoms with Crippen molar-refractivity contribution in [3.8, 4) is 0 Å². The van der Waals surface area contributed by atoms with E-state index in [4.69, 9.17) is 9.47 Å². The average molecular weight is 226 g/mol. The highest BCUT2D eigenvalue weighted by molar-refractivity contribution is 4.85. The number of unbranched alkanes of at least 4 members (excludes halogenated alkanes) is 2. The first-order valence-corrected chi connectivity index (χ1v) is 7.15. The summed E-state index contributed by atoms with van der Waals surface area (Å²) >= 11 is 0. The van der Waals surface area contributed by atoms with Crippen LogP contribution in [-0.4, -0.2) is 19.0 Å². The molecule has 1 saturated heterocycles. The fourth-order valence-corrected chi connectivity index (χ4v) is 3.22. The number of hydrogen-bond acceptors (Lipinski definition) is 2. The van der Waals surface area contributed by atoms with Crippen LogP contribution in [0.5, 0.6) is 0 Å². The van der Waals surface area contributed by atoms with Crippen LogP contribution in [-0.2, 0) is 9.47 Å². The third-order valence-corrected chi connectivity index (χ3v) is 4.13. The molecule has 0 radical (unpaired) electrons. The first-order valence-electron chi connectivity index (χ1n) is 7.15. The molecule has 1 aliphatic heterocycles. The Hall–Kier alpha value is -0.0800. The van der Waals surface area contributed by atoms with E-state index in [2.05, 4.69) is 6.92 Å². The maximum Gasteiger partial charge on any atom is 0.171 e. The number of rotatable bonds is 5. The van der Waals surface area contributed by atoms with E-state index in [1.54, 1.807) is 0 Å². The minimum atomic E-state index is -0.185. The van der Waals surface area contributed by atoms with Crippen LogP contribution in [0.25, 0.3) is 0 Å². The van der Waals surface area contributed by atoms with Crippen LogP contribution >= 0.6 is 0 Å². The van der Waals surface area contributed by atoms with E-state index in [0.717, 1.165) is 19.6 Å². The van der Waals surface area contributed by atoms with Crippen molar-refractivity contribution in [3.63, 3.8) is 0 Å². The van der Waals surface area contributed by atoms with Crippen LogP contribution < -0.4 is 0 Å². The maximum absolute atomic E-state index is 6.00. The molecule has 2 nitrogen and oxygen atoms in total. The standard InChI is InChI=1S/C14H26O2/c1-2-3-7-10-14(15-11-12-16-14)13-8-5-4-6-9-13/h13H,2-12H2,1H3. The Kier molecular flexibility index (Phi) is 4.66. The van der Waals surface area contributed by atoms with Gasteiger partial charge in [0.1, 0.15) is 0 Å². The number of ether oxygens (including phenoxy) is 2. The molecule has 0 aromatic heterocycles. The van der Waals surface area contributed by atoms with Gasteiger partial charge in [0.25, 0.3) is 0 Å². The first-order chi connectivity index (χ1) is 7.87. The molecule has 1 saturated carbocycles. The van der Waals surface area contributed by atoms with Crippen LogP contribution in [0, 0.1) is 5.92 Å². The van der Waals surface area contributed by atoms with Crippen LogP contribution in [0.3, 0.4) is 0 Å². The van der Waals surface area contributed by atoms with E-state index in [1.807, 2.05) is 0 Å². The fraction of sp³-hybridized carbons (Fsp3) is 1.00. The monoisotopic (exact) mass is 226 g/mol. The highest BCUT2D eigenvalue weighted by Crippen LogP contribution is 2.41. The van der Waals surface area contributed by atoms with Crippen LogP contribution in [0.1, 0.15) is 64.7 Å². The summed E-state index contributed by atoms with van der Waals surface area (Å²) in [4.78, 5) is 0. The molecule has 94 valence electrons. The molecule has 0 aromatic rings. The Morgan fingerprint density at radius 3 is 2.31 bits per heavy atom. The first kappa shape index (κ1) is 12.4. The normalized spacial score (nSPS) is 26.1. The molecule has 0 bridgehead atoms. The molecule has 0 unspecified atom stereocenters. The minimum absolute atomic E-state index is 0.185. The Bertz CT molecular complexity index is 191. The second-order valence-electron chi connectivity index (χ2n) is 5.30.